The zero-order valence-corrected chi connectivity index (χ0v) is 12.7. The molecule has 1 atom stereocenters. The molecular weight excluding hydrogens is 308 g/mol. The number of aromatic nitrogens is 1. The van der Waals surface area contributed by atoms with Gasteiger partial charge >= 0.3 is 6.03 Å². The standard InChI is InChI=1S/C17H16N4O3/c18-17(24)20-21(15(12-22)14-8-4-5-11-19-14)16(23)10-9-13-6-2-1-3-7-13/h1-12,15H,(H3,18,20,24). The summed E-state index contributed by atoms with van der Waals surface area (Å²) in [4.78, 5) is 39.1. The number of nitrogens with two attached hydrogens (primary N) is 1. The lowest BCUT2D eigenvalue weighted by atomic mass is 10.2. The van der Waals surface area contributed by atoms with Crippen molar-refractivity contribution in [2.24, 2.45) is 5.73 Å². The Hall–Kier alpha value is -3.48. The molecule has 0 spiro atoms. The number of nitrogens with one attached hydrogen (secondary N) is 1. The molecular formula is C17H16N4O3. The van der Waals surface area contributed by atoms with Crippen LogP contribution in [0.5, 0.6) is 0 Å². The van der Waals surface area contributed by atoms with Crippen LogP contribution in [0.25, 0.3) is 6.08 Å². The number of rotatable bonds is 5. The van der Waals surface area contributed by atoms with E-state index in [0.717, 1.165) is 10.6 Å². The number of nitrogens with zero attached hydrogens (tertiary/aromatic N) is 2. The maximum Gasteiger partial charge on any atom is 0.331 e. The quantitative estimate of drug-likeness (QED) is 0.493. The van der Waals surface area contributed by atoms with Crippen LogP contribution in [0.3, 0.4) is 0 Å². The van der Waals surface area contributed by atoms with E-state index < -0.39 is 18.0 Å². The first kappa shape index (κ1) is 16.9. The maximum atomic E-state index is 12.4. The summed E-state index contributed by atoms with van der Waals surface area (Å²) in [6.45, 7) is 0. The lowest BCUT2D eigenvalue weighted by molar-refractivity contribution is -0.134. The van der Waals surface area contributed by atoms with Gasteiger partial charge in [-0.3, -0.25) is 9.78 Å². The van der Waals surface area contributed by atoms with Crippen molar-refractivity contribution >= 4 is 24.3 Å². The van der Waals surface area contributed by atoms with Crippen molar-refractivity contribution < 1.29 is 14.4 Å². The van der Waals surface area contributed by atoms with Crippen LogP contribution in [0.2, 0.25) is 0 Å². The van der Waals surface area contributed by atoms with E-state index >= 15 is 0 Å². The molecule has 0 aliphatic heterocycles. The molecule has 2 aromatic rings. The zero-order chi connectivity index (χ0) is 17.4. The maximum absolute atomic E-state index is 12.4. The van der Waals surface area contributed by atoms with Crippen LogP contribution in [0.1, 0.15) is 17.3 Å². The minimum absolute atomic E-state index is 0.308. The average Bonchev–Trinajstić information content (AvgIpc) is 2.61. The Morgan fingerprint density at radius 1 is 1.12 bits per heavy atom. The molecule has 7 nitrogen and oxygen atoms in total. The first-order chi connectivity index (χ1) is 11.6. The summed E-state index contributed by atoms with van der Waals surface area (Å²) in [6, 6.07) is 12.0. The van der Waals surface area contributed by atoms with E-state index in [-0.39, 0.29) is 0 Å². The fourth-order valence-electron chi connectivity index (χ4n) is 2.01. The van der Waals surface area contributed by atoms with E-state index in [9.17, 15) is 14.4 Å². The molecule has 3 amide bonds. The highest BCUT2D eigenvalue weighted by Crippen LogP contribution is 2.15. The van der Waals surface area contributed by atoms with Gasteiger partial charge in [0.1, 0.15) is 0 Å². The number of primary amides is 1. The van der Waals surface area contributed by atoms with Gasteiger partial charge in [-0.1, -0.05) is 36.4 Å². The third kappa shape index (κ3) is 4.51. The van der Waals surface area contributed by atoms with Crippen molar-refractivity contribution in [1.82, 2.24) is 15.4 Å². The van der Waals surface area contributed by atoms with Crippen molar-refractivity contribution in [3.05, 3.63) is 72.1 Å². The van der Waals surface area contributed by atoms with Crippen LogP contribution in [0.15, 0.2) is 60.8 Å². The lowest BCUT2D eigenvalue weighted by Crippen LogP contribution is -2.50. The topological polar surface area (TPSA) is 105 Å². The Bertz CT molecular complexity index is 732. The fraction of sp³-hybridized carbons (Fsp3) is 0.0588. The van der Waals surface area contributed by atoms with E-state index in [2.05, 4.69) is 10.4 Å². The number of hydrogen-bond acceptors (Lipinski definition) is 4. The normalized spacial score (nSPS) is 11.7. The Labute approximate surface area is 138 Å². The Morgan fingerprint density at radius 2 is 1.83 bits per heavy atom. The third-order valence-electron chi connectivity index (χ3n) is 3.08. The smallest absolute Gasteiger partial charge is 0.331 e. The predicted octanol–water partition coefficient (Wildman–Crippen LogP) is 1.45. The average molecular weight is 324 g/mol. The van der Waals surface area contributed by atoms with Crippen LogP contribution in [-0.4, -0.2) is 28.2 Å². The molecule has 1 aromatic carbocycles. The van der Waals surface area contributed by atoms with Crippen molar-refractivity contribution in [3.63, 3.8) is 0 Å². The number of hydrazine groups is 1. The summed E-state index contributed by atoms with van der Waals surface area (Å²) in [5.41, 5.74) is 8.37. The summed E-state index contributed by atoms with van der Waals surface area (Å²) in [6.07, 6.45) is 4.80. The van der Waals surface area contributed by atoms with Gasteiger partial charge in [0, 0.05) is 12.3 Å². The summed E-state index contributed by atoms with van der Waals surface area (Å²) >= 11 is 0. The first-order valence-electron chi connectivity index (χ1n) is 7.10. The Morgan fingerprint density at radius 3 is 2.42 bits per heavy atom. The van der Waals surface area contributed by atoms with Gasteiger partial charge in [0.25, 0.3) is 5.91 Å². The zero-order valence-electron chi connectivity index (χ0n) is 12.7. The molecule has 0 radical (unpaired) electrons. The van der Waals surface area contributed by atoms with E-state index in [1.54, 1.807) is 24.3 Å². The van der Waals surface area contributed by atoms with Crippen LogP contribution >= 0.6 is 0 Å². The van der Waals surface area contributed by atoms with Crippen LogP contribution in [-0.2, 0) is 9.59 Å². The van der Waals surface area contributed by atoms with Gasteiger partial charge in [-0.2, -0.15) is 0 Å². The number of urea groups is 1. The Balaban J connectivity index is 2.26. The molecule has 0 aliphatic carbocycles. The predicted molar refractivity (Wildman–Crippen MR) is 88.1 cm³/mol. The number of pyridine rings is 1. The summed E-state index contributed by atoms with van der Waals surface area (Å²) < 4.78 is 0. The molecule has 0 saturated carbocycles. The van der Waals surface area contributed by atoms with Gasteiger partial charge in [0.15, 0.2) is 12.3 Å². The van der Waals surface area contributed by atoms with Gasteiger partial charge in [-0.15, -0.1) is 0 Å². The molecule has 24 heavy (non-hydrogen) atoms. The van der Waals surface area contributed by atoms with Gasteiger partial charge < -0.3 is 10.5 Å². The minimum atomic E-state index is -1.09. The molecule has 0 bridgehead atoms. The highest BCUT2D eigenvalue weighted by molar-refractivity contribution is 5.94. The number of benzene rings is 1. The molecule has 122 valence electrons. The lowest BCUT2D eigenvalue weighted by Gasteiger charge is -2.26. The summed E-state index contributed by atoms with van der Waals surface area (Å²) in [5.74, 6) is -0.611. The first-order valence-corrected chi connectivity index (χ1v) is 7.10. The molecule has 7 heteroatoms. The van der Waals surface area contributed by atoms with Gasteiger partial charge in [0.05, 0.1) is 5.69 Å². The highest BCUT2D eigenvalue weighted by Gasteiger charge is 2.25. The van der Waals surface area contributed by atoms with Crippen LogP contribution in [0.4, 0.5) is 4.79 Å². The molecule has 2 rings (SSSR count). The summed E-state index contributed by atoms with van der Waals surface area (Å²) in [7, 11) is 0. The number of carbonyl (C=O) groups is 3. The van der Waals surface area contributed by atoms with Crippen molar-refractivity contribution in [2.75, 3.05) is 0 Å². The second-order valence-electron chi connectivity index (χ2n) is 4.76. The number of carbonyl (C=O) groups excluding carboxylic acids is 3. The molecule has 1 unspecified atom stereocenters. The van der Waals surface area contributed by atoms with Crippen LogP contribution < -0.4 is 11.2 Å². The second kappa shape index (κ2) is 8.23. The SMILES string of the molecule is NC(=O)NN(C(=O)C=Cc1ccccc1)C(C=O)c1ccccn1. The van der Waals surface area contributed by atoms with Crippen LogP contribution in [0, 0.1) is 0 Å². The van der Waals surface area contributed by atoms with E-state index in [1.165, 1.54) is 12.3 Å². The van der Waals surface area contributed by atoms with E-state index in [4.69, 9.17) is 5.73 Å². The number of amides is 3. The van der Waals surface area contributed by atoms with E-state index in [1.807, 2.05) is 30.3 Å². The Kier molecular flexibility index (Phi) is 5.79. The third-order valence-corrected chi connectivity index (χ3v) is 3.08. The minimum Gasteiger partial charge on any atom is -0.350 e. The van der Waals surface area contributed by atoms with E-state index in [0.29, 0.717) is 12.0 Å². The molecule has 1 heterocycles. The summed E-state index contributed by atoms with van der Waals surface area (Å²) in [5, 5.41) is 0.844. The molecule has 0 aliphatic rings. The van der Waals surface area contributed by atoms with Crippen molar-refractivity contribution in [2.45, 2.75) is 6.04 Å². The molecule has 0 fully saturated rings. The fourth-order valence-corrected chi connectivity index (χ4v) is 2.01. The van der Waals surface area contributed by atoms with Gasteiger partial charge in [-0.25, -0.2) is 15.2 Å². The van der Waals surface area contributed by atoms with Crippen molar-refractivity contribution in [1.29, 1.82) is 0 Å². The number of hydrogen-bond donors (Lipinski definition) is 2. The number of aldehydes is 1. The molecule has 1 aromatic heterocycles. The second-order valence-corrected chi connectivity index (χ2v) is 4.76. The monoisotopic (exact) mass is 324 g/mol. The van der Waals surface area contributed by atoms with Gasteiger partial charge in [-0.05, 0) is 23.8 Å². The largest absolute Gasteiger partial charge is 0.350 e. The molecule has 0 saturated heterocycles. The van der Waals surface area contributed by atoms with Crippen molar-refractivity contribution in [3.8, 4) is 0 Å². The molecule has 3 N–H and O–H groups in total. The van der Waals surface area contributed by atoms with Gasteiger partial charge in [0.2, 0.25) is 0 Å². The highest BCUT2D eigenvalue weighted by atomic mass is 16.2.